The molecule has 0 aliphatic carbocycles. The van der Waals surface area contributed by atoms with E-state index < -0.39 is 0 Å². The average molecular weight is 367 g/mol. The molecule has 0 atom stereocenters. The highest BCUT2D eigenvalue weighted by Crippen LogP contribution is 2.26. The largest absolute Gasteiger partial charge is 0.457 e. The molecule has 4 N–H and O–H groups in total. The molecule has 2 aromatic carbocycles. The number of aromatic amines is 1. The molecule has 0 radical (unpaired) electrons. The van der Waals surface area contributed by atoms with Gasteiger partial charge in [-0.15, -0.1) is 0 Å². The van der Waals surface area contributed by atoms with E-state index in [1.165, 1.54) is 0 Å². The van der Waals surface area contributed by atoms with Crippen molar-refractivity contribution in [2.75, 3.05) is 12.0 Å². The number of hydrogen-bond acceptors (Lipinski definition) is 6. The minimum absolute atomic E-state index is 0.103. The summed E-state index contributed by atoms with van der Waals surface area (Å²) in [4.78, 5) is 19.6. The van der Waals surface area contributed by atoms with Crippen molar-refractivity contribution in [2.45, 2.75) is 0 Å². The molecule has 1 aromatic heterocycles. The van der Waals surface area contributed by atoms with Gasteiger partial charge in [-0.25, -0.2) is 4.99 Å². The maximum Gasteiger partial charge on any atom is 0.271 e. The van der Waals surface area contributed by atoms with Crippen LogP contribution in [0.5, 0.6) is 11.5 Å². The van der Waals surface area contributed by atoms with Gasteiger partial charge in [0.2, 0.25) is 0 Å². The van der Waals surface area contributed by atoms with Gasteiger partial charge < -0.3 is 15.8 Å². The van der Waals surface area contributed by atoms with Crippen LogP contribution in [0, 0.1) is 0 Å². The molecule has 1 heterocycles. The van der Waals surface area contributed by atoms with Gasteiger partial charge in [0.05, 0.1) is 0 Å². The average Bonchev–Trinajstić information content (AvgIpc) is 3.02. The highest BCUT2D eigenvalue weighted by molar-refractivity contribution is 7.10. The van der Waals surface area contributed by atoms with E-state index in [4.69, 9.17) is 10.5 Å². The number of nitrogens with one attached hydrogen (secondary N) is 2. The number of rotatable bonds is 7. The van der Waals surface area contributed by atoms with Crippen LogP contribution in [0.1, 0.15) is 5.56 Å². The molecule has 7 nitrogen and oxygen atoms in total. The van der Waals surface area contributed by atoms with Gasteiger partial charge in [-0.3, -0.25) is 14.2 Å². The van der Waals surface area contributed by atoms with E-state index in [2.05, 4.69) is 26.4 Å². The zero-order valence-electron chi connectivity index (χ0n) is 13.8. The van der Waals surface area contributed by atoms with Crippen LogP contribution < -0.4 is 21.3 Å². The first-order chi connectivity index (χ1) is 12.7. The lowest BCUT2D eigenvalue weighted by Gasteiger charge is -2.08. The Morgan fingerprint density at radius 1 is 1.15 bits per heavy atom. The third-order valence-electron chi connectivity index (χ3n) is 3.39. The topological polar surface area (TPSA) is 105 Å². The summed E-state index contributed by atoms with van der Waals surface area (Å²) >= 11 is 1.15. The smallest absolute Gasteiger partial charge is 0.271 e. The first kappa shape index (κ1) is 17.4. The van der Waals surface area contributed by atoms with Crippen molar-refractivity contribution >= 4 is 34.8 Å². The second-order valence-corrected chi connectivity index (χ2v) is 6.03. The number of anilines is 2. The Labute approximate surface area is 154 Å². The number of nitrogens with two attached hydrogens (primary N) is 1. The molecular weight excluding hydrogens is 350 g/mol. The third kappa shape index (κ3) is 4.17. The van der Waals surface area contributed by atoms with Crippen LogP contribution in [0.2, 0.25) is 0 Å². The maximum absolute atomic E-state index is 12.0. The molecule has 8 heteroatoms. The van der Waals surface area contributed by atoms with Gasteiger partial charge in [-0.05, 0) is 54.6 Å². The molecule has 0 amide bonds. The Morgan fingerprint density at radius 3 is 2.54 bits per heavy atom. The summed E-state index contributed by atoms with van der Waals surface area (Å²) in [6, 6.07) is 16.9. The van der Waals surface area contributed by atoms with E-state index in [0.717, 1.165) is 23.0 Å². The molecule has 0 aliphatic rings. The van der Waals surface area contributed by atoms with Crippen LogP contribution in [-0.2, 0) is 0 Å². The lowest BCUT2D eigenvalue weighted by atomic mass is 10.2. The van der Waals surface area contributed by atoms with E-state index in [0.29, 0.717) is 16.3 Å². The fourth-order valence-electron chi connectivity index (χ4n) is 2.19. The molecule has 0 spiro atoms. The number of hydrogen-bond donors (Lipinski definition) is 3. The summed E-state index contributed by atoms with van der Waals surface area (Å²) in [5, 5.41) is 3.75. The highest BCUT2D eigenvalue weighted by Gasteiger charge is 2.14. The van der Waals surface area contributed by atoms with Crippen LogP contribution in [0.3, 0.4) is 0 Å². The van der Waals surface area contributed by atoms with Gasteiger partial charge in [-0.2, -0.15) is 0 Å². The first-order valence-electron chi connectivity index (χ1n) is 7.71. The second-order valence-electron chi connectivity index (χ2n) is 5.21. The second kappa shape index (κ2) is 8.13. The van der Waals surface area contributed by atoms with Crippen LogP contribution in [0.15, 0.2) is 69.4 Å². The molecule has 26 heavy (non-hydrogen) atoms. The Hall–Kier alpha value is -3.39. The summed E-state index contributed by atoms with van der Waals surface area (Å²) in [6.45, 7) is 3.44. The van der Waals surface area contributed by atoms with Gasteiger partial charge in [0.25, 0.3) is 5.56 Å². The SMILES string of the molecule is C=NCN=C(N)c1c(Nc2ccc(Oc3ccccc3)cc2)s[nH]c1=O. The van der Waals surface area contributed by atoms with Crippen LogP contribution in [0.25, 0.3) is 0 Å². The summed E-state index contributed by atoms with van der Waals surface area (Å²) in [5.74, 6) is 1.59. The van der Waals surface area contributed by atoms with Gasteiger partial charge in [0.1, 0.15) is 34.6 Å². The molecular formula is C18H17N5O2S. The molecule has 3 rings (SSSR count). The predicted octanol–water partition coefficient (Wildman–Crippen LogP) is 3.34. The Morgan fingerprint density at radius 2 is 1.85 bits per heavy atom. The van der Waals surface area contributed by atoms with E-state index in [1.807, 2.05) is 54.6 Å². The minimum Gasteiger partial charge on any atom is -0.457 e. The van der Waals surface area contributed by atoms with Crippen molar-refractivity contribution in [1.29, 1.82) is 0 Å². The molecule has 0 fully saturated rings. The number of ether oxygens (including phenoxy) is 1. The van der Waals surface area contributed by atoms with E-state index in [9.17, 15) is 4.79 Å². The lowest BCUT2D eigenvalue weighted by Crippen LogP contribution is -2.22. The molecule has 0 saturated carbocycles. The molecule has 0 unspecified atom stereocenters. The zero-order chi connectivity index (χ0) is 18.4. The van der Waals surface area contributed by atoms with Crippen LogP contribution in [0.4, 0.5) is 10.7 Å². The summed E-state index contributed by atoms with van der Waals surface area (Å²) in [7, 11) is 0. The number of benzene rings is 2. The predicted molar refractivity (Wildman–Crippen MR) is 106 cm³/mol. The van der Waals surface area contributed by atoms with Crippen LogP contribution in [-0.4, -0.2) is 23.6 Å². The molecule has 0 aliphatic heterocycles. The van der Waals surface area contributed by atoms with Crippen molar-refractivity contribution in [1.82, 2.24) is 4.37 Å². The summed E-state index contributed by atoms with van der Waals surface area (Å²) in [5.41, 5.74) is 6.66. The fraction of sp³-hybridized carbons (Fsp3) is 0.0556. The number of aromatic nitrogens is 1. The Balaban J connectivity index is 1.76. The number of nitrogens with zero attached hydrogens (tertiary/aromatic N) is 2. The number of para-hydroxylation sites is 1. The lowest BCUT2D eigenvalue weighted by molar-refractivity contribution is 0.483. The summed E-state index contributed by atoms with van der Waals surface area (Å²) in [6.07, 6.45) is 0. The van der Waals surface area contributed by atoms with Crippen molar-refractivity contribution in [3.8, 4) is 11.5 Å². The van der Waals surface area contributed by atoms with Gasteiger partial charge >= 0.3 is 0 Å². The van der Waals surface area contributed by atoms with E-state index in [1.54, 1.807) is 0 Å². The Bertz CT molecular complexity index is 961. The zero-order valence-corrected chi connectivity index (χ0v) is 14.6. The van der Waals surface area contributed by atoms with Crippen molar-refractivity contribution in [3.05, 3.63) is 70.5 Å². The molecule has 0 bridgehead atoms. The van der Waals surface area contributed by atoms with Crippen molar-refractivity contribution in [2.24, 2.45) is 15.7 Å². The normalized spacial score (nSPS) is 11.2. The summed E-state index contributed by atoms with van der Waals surface area (Å²) < 4.78 is 8.41. The highest BCUT2D eigenvalue weighted by atomic mass is 32.1. The third-order valence-corrected chi connectivity index (χ3v) is 4.19. The van der Waals surface area contributed by atoms with E-state index in [-0.39, 0.29) is 18.1 Å². The minimum atomic E-state index is -0.299. The first-order valence-corrected chi connectivity index (χ1v) is 8.53. The quantitative estimate of drug-likeness (QED) is 0.440. The monoisotopic (exact) mass is 367 g/mol. The van der Waals surface area contributed by atoms with Gasteiger partial charge in [0, 0.05) is 5.69 Å². The molecule has 0 saturated heterocycles. The molecule has 3 aromatic rings. The van der Waals surface area contributed by atoms with Gasteiger partial charge in [-0.1, -0.05) is 18.2 Å². The standard InChI is InChI=1S/C18H17N5O2S/c1-20-11-21-16(19)15-17(24)23-26-18(15)22-12-7-9-14(10-8-12)25-13-5-3-2-4-6-13/h2-10,22H,1,11H2,(H2,19,21)(H,23,24). The number of amidine groups is 1. The number of H-pyrrole nitrogens is 1. The fourth-order valence-corrected chi connectivity index (χ4v) is 2.96. The van der Waals surface area contributed by atoms with Crippen LogP contribution >= 0.6 is 11.5 Å². The molecule has 132 valence electrons. The van der Waals surface area contributed by atoms with Gasteiger partial charge in [0.15, 0.2) is 0 Å². The number of aliphatic imine (C=N–C) groups is 2. The van der Waals surface area contributed by atoms with Crippen molar-refractivity contribution in [3.63, 3.8) is 0 Å². The van der Waals surface area contributed by atoms with Crippen molar-refractivity contribution < 1.29 is 4.74 Å². The maximum atomic E-state index is 12.0. The van der Waals surface area contributed by atoms with E-state index >= 15 is 0 Å². The Kier molecular flexibility index (Phi) is 5.45.